The molecule has 0 bridgehead atoms. The van der Waals surface area contributed by atoms with E-state index in [1.807, 2.05) is 6.07 Å². The van der Waals surface area contributed by atoms with Gasteiger partial charge in [-0.15, -0.1) is 0 Å². The van der Waals surface area contributed by atoms with Crippen molar-refractivity contribution in [1.82, 2.24) is 15.3 Å². The van der Waals surface area contributed by atoms with Crippen molar-refractivity contribution in [2.24, 2.45) is 0 Å². The number of nitrogens with zero attached hydrogens (tertiary/aromatic N) is 1. The predicted molar refractivity (Wildman–Crippen MR) is 66.0 cm³/mol. The lowest BCUT2D eigenvalue weighted by molar-refractivity contribution is -0.115. The summed E-state index contributed by atoms with van der Waals surface area (Å²) in [5, 5.41) is 5.03. The second kappa shape index (κ2) is 5.62. The van der Waals surface area contributed by atoms with Gasteiger partial charge in [-0.3, -0.25) is 14.9 Å². The van der Waals surface area contributed by atoms with Gasteiger partial charge in [0, 0.05) is 18.0 Å². The van der Waals surface area contributed by atoms with Crippen molar-refractivity contribution in [1.29, 1.82) is 0 Å². The number of anilines is 1. The summed E-state index contributed by atoms with van der Waals surface area (Å²) in [6.07, 6.45) is 3.12. The van der Waals surface area contributed by atoms with Crippen LogP contribution in [-0.2, 0) is 4.79 Å². The van der Waals surface area contributed by atoms with E-state index >= 15 is 0 Å². The summed E-state index contributed by atoms with van der Waals surface area (Å²) >= 11 is 0. The second-order valence-corrected chi connectivity index (χ2v) is 3.53. The molecule has 2 aromatic rings. The Morgan fingerprint density at radius 1 is 1.22 bits per heavy atom. The third kappa shape index (κ3) is 3.18. The van der Waals surface area contributed by atoms with Gasteiger partial charge in [0.15, 0.2) is 0 Å². The van der Waals surface area contributed by atoms with Crippen LogP contribution in [0.3, 0.4) is 0 Å². The van der Waals surface area contributed by atoms with Crippen LogP contribution in [0.2, 0.25) is 0 Å². The van der Waals surface area contributed by atoms with E-state index in [4.69, 9.17) is 0 Å². The molecule has 0 atom stereocenters. The Bertz CT molecular complexity index is 522. The van der Waals surface area contributed by atoms with E-state index in [-0.39, 0.29) is 18.4 Å². The van der Waals surface area contributed by atoms with Crippen LogP contribution < -0.4 is 10.6 Å². The topological polar surface area (TPSA) is 86.9 Å². The Labute approximate surface area is 103 Å². The number of H-pyrrole nitrogens is 1. The molecule has 0 aliphatic heterocycles. The molecule has 2 amide bonds. The minimum atomic E-state index is -0.339. The van der Waals surface area contributed by atoms with Crippen LogP contribution in [-0.4, -0.2) is 28.3 Å². The zero-order valence-electron chi connectivity index (χ0n) is 9.51. The van der Waals surface area contributed by atoms with Crippen molar-refractivity contribution in [3.05, 3.63) is 48.3 Å². The summed E-state index contributed by atoms with van der Waals surface area (Å²) in [5.74, 6) is -0.270. The molecule has 0 aliphatic carbocycles. The van der Waals surface area contributed by atoms with Crippen molar-refractivity contribution >= 4 is 17.8 Å². The van der Waals surface area contributed by atoms with Gasteiger partial charge in [0.05, 0.1) is 6.54 Å². The fourth-order valence-electron chi connectivity index (χ4n) is 1.36. The number of amides is 2. The van der Waals surface area contributed by atoms with Gasteiger partial charge in [0.25, 0.3) is 5.91 Å². The number of hydrogen-bond acceptors (Lipinski definition) is 3. The van der Waals surface area contributed by atoms with Crippen LogP contribution in [0.5, 0.6) is 0 Å². The summed E-state index contributed by atoms with van der Waals surface area (Å²) in [4.78, 5) is 29.7. The number of rotatable bonds is 4. The van der Waals surface area contributed by atoms with E-state index in [1.165, 1.54) is 6.20 Å². The van der Waals surface area contributed by atoms with Crippen LogP contribution in [0.25, 0.3) is 0 Å². The first-order valence-corrected chi connectivity index (χ1v) is 5.38. The van der Waals surface area contributed by atoms with Gasteiger partial charge < -0.3 is 10.3 Å². The van der Waals surface area contributed by atoms with Crippen LogP contribution in [0.1, 0.15) is 10.4 Å². The normalized spacial score (nSPS) is 9.78. The standard InChI is InChI=1S/C12H12N4O2/c17-10(16-12-13-6-7-14-12)8-15-11(18)9-4-2-1-3-5-9/h1-7H,8H2,(H,15,18)(H2,13,14,16,17). The molecule has 0 saturated carbocycles. The third-order valence-electron chi connectivity index (χ3n) is 2.20. The Morgan fingerprint density at radius 3 is 2.67 bits per heavy atom. The van der Waals surface area contributed by atoms with Crippen LogP contribution in [0, 0.1) is 0 Å². The lowest BCUT2D eigenvalue weighted by atomic mass is 10.2. The number of carbonyl (C=O) groups is 2. The monoisotopic (exact) mass is 244 g/mol. The first kappa shape index (κ1) is 11.8. The molecule has 1 aromatic heterocycles. The molecule has 2 rings (SSSR count). The van der Waals surface area contributed by atoms with E-state index < -0.39 is 0 Å². The summed E-state index contributed by atoms with van der Waals surface area (Å²) in [7, 11) is 0. The first-order valence-electron chi connectivity index (χ1n) is 5.38. The molecule has 0 fully saturated rings. The number of carbonyl (C=O) groups excluding carboxylic acids is 2. The van der Waals surface area contributed by atoms with Gasteiger partial charge in [-0.1, -0.05) is 18.2 Å². The largest absolute Gasteiger partial charge is 0.343 e. The number of hydrogen-bond donors (Lipinski definition) is 3. The molecular weight excluding hydrogens is 232 g/mol. The maximum absolute atomic E-state index is 11.6. The highest BCUT2D eigenvalue weighted by molar-refractivity contribution is 5.98. The van der Waals surface area contributed by atoms with Crippen molar-refractivity contribution in [2.45, 2.75) is 0 Å². The summed E-state index contributed by atoms with van der Waals surface area (Å²) < 4.78 is 0. The quantitative estimate of drug-likeness (QED) is 0.742. The van der Waals surface area contributed by atoms with Gasteiger partial charge in [0.2, 0.25) is 11.9 Å². The van der Waals surface area contributed by atoms with Gasteiger partial charge in [-0.05, 0) is 12.1 Å². The molecule has 0 spiro atoms. The molecule has 0 saturated heterocycles. The Morgan fingerprint density at radius 2 is 2.00 bits per heavy atom. The zero-order chi connectivity index (χ0) is 12.8. The van der Waals surface area contributed by atoms with Crippen molar-refractivity contribution < 1.29 is 9.59 Å². The average molecular weight is 244 g/mol. The van der Waals surface area contributed by atoms with Gasteiger partial charge in [-0.25, -0.2) is 4.98 Å². The molecule has 6 heteroatoms. The molecule has 6 nitrogen and oxygen atoms in total. The van der Waals surface area contributed by atoms with E-state index in [0.717, 1.165) is 0 Å². The van der Waals surface area contributed by atoms with E-state index in [2.05, 4.69) is 20.6 Å². The van der Waals surface area contributed by atoms with Crippen LogP contribution in [0.15, 0.2) is 42.7 Å². The van der Waals surface area contributed by atoms with Gasteiger partial charge in [0.1, 0.15) is 0 Å². The zero-order valence-corrected chi connectivity index (χ0v) is 9.51. The van der Waals surface area contributed by atoms with Gasteiger partial charge in [-0.2, -0.15) is 0 Å². The molecule has 0 radical (unpaired) electrons. The maximum atomic E-state index is 11.6. The third-order valence-corrected chi connectivity index (χ3v) is 2.20. The van der Waals surface area contributed by atoms with E-state index in [9.17, 15) is 9.59 Å². The smallest absolute Gasteiger partial charge is 0.251 e. The maximum Gasteiger partial charge on any atom is 0.251 e. The molecule has 0 aliphatic rings. The van der Waals surface area contributed by atoms with Crippen molar-refractivity contribution in [2.75, 3.05) is 11.9 Å². The van der Waals surface area contributed by atoms with Crippen molar-refractivity contribution in [3.63, 3.8) is 0 Å². The molecule has 0 unspecified atom stereocenters. The summed E-state index contributed by atoms with van der Waals surface area (Å²) in [6, 6.07) is 8.70. The Balaban J connectivity index is 1.81. The van der Waals surface area contributed by atoms with Gasteiger partial charge >= 0.3 is 0 Å². The molecule has 3 N–H and O–H groups in total. The summed E-state index contributed by atoms with van der Waals surface area (Å²) in [5.41, 5.74) is 0.517. The first-order chi connectivity index (χ1) is 8.75. The fraction of sp³-hybridized carbons (Fsp3) is 0.0833. The number of nitrogens with one attached hydrogen (secondary N) is 3. The minimum absolute atomic E-state index is 0.103. The lowest BCUT2D eigenvalue weighted by Crippen LogP contribution is -2.33. The predicted octanol–water partition coefficient (Wildman–Crippen LogP) is 0.778. The molecule has 18 heavy (non-hydrogen) atoms. The number of aromatic nitrogens is 2. The highest BCUT2D eigenvalue weighted by Gasteiger charge is 2.08. The highest BCUT2D eigenvalue weighted by atomic mass is 16.2. The molecular formula is C12H12N4O2. The Kier molecular flexibility index (Phi) is 3.70. The van der Waals surface area contributed by atoms with Crippen molar-refractivity contribution in [3.8, 4) is 0 Å². The number of benzene rings is 1. The number of imidazole rings is 1. The minimum Gasteiger partial charge on any atom is -0.343 e. The van der Waals surface area contributed by atoms with E-state index in [1.54, 1.807) is 30.5 Å². The average Bonchev–Trinajstić information content (AvgIpc) is 2.90. The molecule has 1 aromatic carbocycles. The second-order valence-electron chi connectivity index (χ2n) is 3.53. The Hall–Kier alpha value is -2.63. The molecule has 92 valence electrons. The number of aromatic amines is 1. The SMILES string of the molecule is O=C(CNC(=O)c1ccccc1)Nc1ncc[nH]1. The lowest BCUT2D eigenvalue weighted by Gasteiger charge is -2.04. The summed E-state index contributed by atoms with van der Waals surface area (Å²) in [6.45, 7) is -0.103. The van der Waals surface area contributed by atoms with Crippen LogP contribution in [0.4, 0.5) is 5.95 Å². The van der Waals surface area contributed by atoms with Crippen LogP contribution >= 0.6 is 0 Å². The van der Waals surface area contributed by atoms with E-state index in [0.29, 0.717) is 11.5 Å². The fourth-order valence-corrected chi connectivity index (χ4v) is 1.36. The molecule has 1 heterocycles. The highest BCUT2D eigenvalue weighted by Crippen LogP contribution is 1.98.